The Labute approximate surface area is 237 Å². The maximum atomic E-state index is 13.2. The number of halogens is 2. The first-order valence-electron chi connectivity index (χ1n) is 13.5. The zero-order chi connectivity index (χ0) is 27.3. The van der Waals surface area contributed by atoms with Gasteiger partial charge < -0.3 is 19.5 Å². The third-order valence-corrected chi connectivity index (χ3v) is 8.90. The number of ether oxygens (including phenoxy) is 1. The van der Waals surface area contributed by atoms with Crippen molar-refractivity contribution in [1.82, 2.24) is 10.1 Å². The van der Waals surface area contributed by atoms with Gasteiger partial charge in [0.15, 0.2) is 0 Å². The van der Waals surface area contributed by atoms with E-state index in [2.05, 4.69) is 10.5 Å². The van der Waals surface area contributed by atoms with Crippen LogP contribution in [0.2, 0.25) is 10.0 Å². The van der Waals surface area contributed by atoms with Gasteiger partial charge in [-0.3, -0.25) is 9.59 Å². The molecule has 2 unspecified atom stereocenters. The Kier molecular flexibility index (Phi) is 7.16. The van der Waals surface area contributed by atoms with Gasteiger partial charge in [-0.2, -0.15) is 0 Å². The molecular weight excluding hydrogens is 537 g/mol. The standard InChI is InChI=1S/C30H31Cl2N3O4/c1-35(2)30(37)17-5-3-6-20(12-17)33-29(36)25-18-11-19(25)14-21(13-18)38-15-22-27(34-39-28(22)16-9-10-16)26-23(31)7-4-8-24(26)32/h3-8,12,16,18-19,21,25H,9-11,13-15H2,1-2H3,(H,33,36). The Morgan fingerprint density at radius 1 is 1.05 bits per heavy atom. The molecule has 4 aliphatic rings. The monoisotopic (exact) mass is 567 g/mol. The summed E-state index contributed by atoms with van der Waals surface area (Å²) in [6.45, 7) is 0.375. The van der Waals surface area contributed by atoms with Crippen molar-refractivity contribution in [1.29, 1.82) is 0 Å². The number of fused-ring (bicyclic) bond motifs is 2. The summed E-state index contributed by atoms with van der Waals surface area (Å²) in [5.41, 5.74) is 3.46. The van der Waals surface area contributed by atoms with Gasteiger partial charge in [-0.05, 0) is 74.3 Å². The van der Waals surface area contributed by atoms with Crippen LogP contribution in [0.25, 0.3) is 11.3 Å². The molecule has 3 aromatic rings. The van der Waals surface area contributed by atoms with Crippen LogP contribution in [0.15, 0.2) is 47.0 Å². The van der Waals surface area contributed by atoms with Crippen LogP contribution in [0.4, 0.5) is 5.69 Å². The third kappa shape index (κ3) is 5.20. The number of rotatable bonds is 8. The molecule has 7 rings (SSSR count). The van der Waals surface area contributed by atoms with Crippen LogP contribution in [0.5, 0.6) is 0 Å². The van der Waals surface area contributed by atoms with Crippen LogP contribution in [0, 0.1) is 17.8 Å². The summed E-state index contributed by atoms with van der Waals surface area (Å²) >= 11 is 13.0. The van der Waals surface area contributed by atoms with Crippen LogP contribution in [-0.2, 0) is 16.1 Å². The number of hydrogen-bond donors (Lipinski definition) is 1. The first-order chi connectivity index (χ1) is 18.8. The van der Waals surface area contributed by atoms with Crippen LogP contribution in [-0.4, -0.2) is 42.1 Å². The van der Waals surface area contributed by atoms with Gasteiger partial charge in [0.1, 0.15) is 11.5 Å². The Hall–Kier alpha value is -2.87. The van der Waals surface area contributed by atoms with Crippen molar-refractivity contribution in [3.8, 4) is 11.3 Å². The average molecular weight is 569 g/mol. The van der Waals surface area contributed by atoms with Gasteiger partial charge in [0.05, 0.1) is 22.8 Å². The number of hydrogen-bond acceptors (Lipinski definition) is 5. The molecule has 0 aliphatic heterocycles. The van der Waals surface area contributed by atoms with E-state index in [1.54, 1.807) is 44.4 Å². The quantitative estimate of drug-likeness (QED) is 0.323. The van der Waals surface area contributed by atoms with Crippen LogP contribution in [0.1, 0.15) is 59.7 Å². The van der Waals surface area contributed by atoms with Crippen molar-refractivity contribution in [3.05, 3.63) is 69.4 Å². The Bertz CT molecular complexity index is 1380. The van der Waals surface area contributed by atoms with E-state index in [-0.39, 0.29) is 35.7 Å². The summed E-state index contributed by atoms with van der Waals surface area (Å²) in [5.74, 6) is 1.69. The van der Waals surface area contributed by atoms with Crippen molar-refractivity contribution in [2.24, 2.45) is 17.8 Å². The molecule has 9 heteroatoms. The summed E-state index contributed by atoms with van der Waals surface area (Å²) in [6, 6.07) is 12.5. The minimum Gasteiger partial charge on any atom is -0.373 e. The Morgan fingerprint density at radius 3 is 2.41 bits per heavy atom. The molecule has 4 fully saturated rings. The largest absolute Gasteiger partial charge is 0.373 e. The van der Waals surface area contributed by atoms with Crippen molar-refractivity contribution >= 4 is 40.7 Å². The second-order valence-electron chi connectivity index (χ2n) is 11.2. The van der Waals surface area contributed by atoms with E-state index < -0.39 is 0 Å². The number of benzene rings is 2. The molecule has 0 saturated heterocycles. The second-order valence-corrected chi connectivity index (χ2v) is 12.0. The number of anilines is 1. The van der Waals surface area contributed by atoms with E-state index in [1.165, 1.54) is 4.90 Å². The number of carbonyl (C=O) groups excluding carboxylic acids is 2. The highest BCUT2D eigenvalue weighted by atomic mass is 35.5. The molecule has 204 valence electrons. The predicted octanol–water partition coefficient (Wildman–Crippen LogP) is 6.80. The topological polar surface area (TPSA) is 84.7 Å². The molecule has 2 aromatic carbocycles. The lowest BCUT2D eigenvalue weighted by atomic mass is 9.56. The summed E-state index contributed by atoms with van der Waals surface area (Å²) in [4.78, 5) is 27.0. The third-order valence-electron chi connectivity index (χ3n) is 8.27. The van der Waals surface area contributed by atoms with E-state index >= 15 is 0 Å². The van der Waals surface area contributed by atoms with Crippen LogP contribution in [0.3, 0.4) is 0 Å². The highest BCUT2D eigenvalue weighted by Crippen LogP contribution is 2.52. The fourth-order valence-electron chi connectivity index (χ4n) is 6.16. The fourth-order valence-corrected chi connectivity index (χ4v) is 6.73. The minimum atomic E-state index is -0.0933. The molecule has 2 bridgehead atoms. The number of nitrogens with zero attached hydrogens (tertiary/aromatic N) is 2. The van der Waals surface area contributed by atoms with E-state index in [9.17, 15) is 9.59 Å². The maximum Gasteiger partial charge on any atom is 0.253 e. The summed E-state index contributed by atoms with van der Waals surface area (Å²) in [5, 5.41) is 8.46. The van der Waals surface area contributed by atoms with Gasteiger partial charge in [0, 0.05) is 48.3 Å². The SMILES string of the molecule is CN(C)C(=O)c1cccc(NC(=O)C2C3CC(OCc4c(-c5c(Cl)cccc5Cl)noc4C4CC4)CC2C3)c1. The Balaban J connectivity index is 1.10. The molecule has 1 aromatic heterocycles. The van der Waals surface area contributed by atoms with Gasteiger partial charge in [0.2, 0.25) is 5.91 Å². The molecule has 1 N–H and O–H groups in total. The van der Waals surface area contributed by atoms with Gasteiger partial charge in [-0.15, -0.1) is 0 Å². The summed E-state index contributed by atoms with van der Waals surface area (Å²) in [7, 11) is 3.43. The van der Waals surface area contributed by atoms with Gasteiger partial charge >= 0.3 is 0 Å². The molecule has 4 saturated carbocycles. The molecule has 2 atom stereocenters. The highest BCUT2D eigenvalue weighted by molar-refractivity contribution is 6.39. The zero-order valence-electron chi connectivity index (χ0n) is 22.0. The van der Waals surface area contributed by atoms with Crippen molar-refractivity contribution in [2.75, 3.05) is 19.4 Å². The zero-order valence-corrected chi connectivity index (χ0v) is 23.5. The summed E-state index contributed by atoms with van der Waals surface area (Å²) < 4.78 is 12.2. The summed E-state index contributed by atoms with van der Waals surface area (Å²) in [6.07, 6.45) is 4.93. The Morgan fingerprint density at radius 2 is 1.74 bits per heavy atom. The normalized spacial score (nSPS) is 23.7. The lowest BCUT2D eigenvalue weighted by Gasteiger charge is -2.51. The van der Waals surface area contributed by atoms with Gasteiger partial charge in [0.25, 0.3) is 5.91 Å². The van der Waals surface area contributed by atoms with Crippen LogP contribution >= 0.6 is 23.2 Å². The lowest BCUT2D eigenvalue weighted by Crippen LogP contribution is -2.51. The van der Waals surface area contributed by atoms with E-state index in [1.807, 2.05) is 12.1 Å². The van der Waals surface area contributed by atoms with E-state index in [4.69, 9.17) is 32.5 Å². The van der Waals surface area contributed by atoms with Gasteiger partial charge in [-0.25, -0.2) is 0 Å². The average Bonchev–Trinajstić information content (AvgIpc) is 3.67. The number of carbonyl (C=O) groups is 2. The lowest BCUT2D eigenvalue weighted by molar-refractivity contribution is -0.142. The van der Waals surface area contributed by atoms with Gasteiger partial charge in [-0.1, -0.05) is 40.5 Å². The molecule has 39 heavy (non-hydrogen) atoms. The van der Waals surface area contributed by atoms with E-state index in [0.717, 1.165) is 43.4 Å². The molecule has 4 aliphatic carbocycles. The molecule has 2 amide bonds. The van der Waals surface area contributed by atoms with E-state index in [0.29, 0.717) is 45.1 Å². The predicted molar refractivity (Wildman–Crippen MR) is 150 cm³/mol. The van der Waals surface area contributed by atoms with Crippen molar-refractivity contribution < 1.29 is 18.8 Å². The van der Waals surface area contributed by atoms with Crippen molar-refractivity contribution in [3.63, 3.8) is 0 Å². The number of nitrogens with one attached hydrogen (secondary N) is 1. The smallest absolute Gasteiger partial charge is 0.253 e. The van der Waals surface area contributed by atoms with Crippen LogP contribution < -0.4 is 5.32 Å². The second kappa shape index (κ2) is 10.6. The molecule has 7 nitrogen and oxygen atoms in total. The molecule has 0 spiro atoms. The molecule has 1 heterocycles. The van der Waals surface area contributed by atoms with Crippen molar-refractivity contribution in [2.45, 2.75) is 50.7 Å². The maximum absolute atomic E-state index is 13.2. The molecular formula is C30H31Cl2N3O4. The first kappa shape index (κ1) is 26.4. The number of amides is 2. The highest BCUT2D eigenvalue weighted by Gasteiger charge is 2.51. The first-order valence-corrected chi connectivity index (χ1v) is 14.2. The number of aromatic nitrogens is 1. The fraction of sp³-hybridized carbons (Fsp3) is 0.433. The minimum absolute atomic E-state index is 0.0230. The molecule has 0 radical (unpaired) electrons.